The number of rotatable bonds is 2. The summed E-state index contributed by atoms with van der Waals surface area (Å²) in [4.78, 5) is 0.896. The van der Waals surface area contributed by atoms with Gasteiger partial charge in [0.25, 0.3) is 0 Å². The Morgan fingerprint density at radius 3 is 3.15 bits per heavy atom. The van der Waals surface area contributed by atoms with Gasteiger partial charge in [-0.1, -0.05) is 36.5 Å². The molecule has 0 aliphatic carbocycles. The van der Waals surface area contributed by atoms with E-state index < -0.39 is 0 Å². The zero-order chi connectivity index (χ0) is 13.5. The molecule has 1 N–H and O–H groups in total. The Balaban J connectivity index is 1.82. The Bertz CT molecular complexity index is 760. The van der Waals surface area contributed by atoms with Crippen molar-refractivity contribution in [3.8, 4) is 0 Å². The molecule has 0 radical (unpaired) electrons. The van der Waals surface area contributed by atoms with Gasteiger partial charge in [-0.15, -0.1) is 10.2 Å². The molecule has 0 saturated heterocycles. The third-order valence-corrected chi connectivity index (χ3v) is 4.78. The molecule has 1 aliphatic heterocycles. The van der Waals surface area contributed by atoms with Crippen molar-refractivity contribution < 1.29 is 0 Å². The number of aromatic nitrogens is 4. The minimum Gasteiger partial charge on any atom is -0.385 e. The maximum absolute atomic E-state index is 4.75. The molecule has 0 saturated carbocycles. The molecule has 20 heavy (non-hydrogen) atoms. The summed E-state index contributed by atoms with van der Waals surface area (Å²) >= 11 is 1.65. The van der Waals surface area contributed by atoms with Crippen LogP contribution in [0.15, 0.2) is 24.3 Å². The van der Waals surface area contributed by atoms with Crippen molar-refractivity contribution >= 4 is 22.0 Å². The van der Waals surface area contributed by atoms with E-state index in [1.165, 1.54) is 11.3 Å². The quantitative estimate of drug-likeness (QED) is 0.786. The van der Waals surface area contributed by atoms with Crippen LogP contribution in [-0.4, -0.2) is 26.4 Å². The maximum atomic E-state index is 4.75. The van der Waals surface area contributed by atoms with Crippen LogP contribution in [0.25, 0.3) is 4.96 Å². The fraction of sp³-hybridized carbons (Fsp3) is 0.357. The van der Waals surface area contributed by atoms with E-state index in [0.29, 0.717) is 5.92 Å². The van der Waals surface area contributed by atoms with Crippen molar-refractivity contribution in [3.63, 3.8) is 0 Å². The van der Waals surface area contributed by atoms with Gasteiger partial charge in [-0.2, -0.15) is 9.61 Å². The standard InChI is InChI=1S/C14H15N5S/c1-2-12-16-17-14-19(12)18-13(20-14)10-7-8-15-11-6-4-3-5-9(10)11/h3-6,10,15H,2,7-8H2,1H3. The van der Waals surface area contributed by atoms with Gasteiger partial charge in [-0.3, -0.25) is 0 Å². The lowest BCUT2D eigenvalue weighted by molar-refractivity contribution is 0.691. The third kappa shape index (κ3) is 1.71. The zero-order valence-electron chi connectivity index (χ0n) is 11.2. The van der Waals surface area contributed by atoms with Crippen molar-refractivity contribution in [2.24, 2.45) is 0 Å². The van der Waals surface area contributed by atoms with Gasteiger partial charge in [0, 0.05) is 24.6 Å². The largest absolute Gasteiger partial charge is 0.385 e. The summed E-state index contributed by atoms with van der Waals surface area (Å²) in [6.45, 7) is 3.07. The van der Waals surface area contributed by atoms with Crippen LogP contribution in [0.2, 0.25) is 0 Å². The molecule has 0 amide bonds. The van der Waals surface area contributed by atoms with Crippen LogP contribution in [0.3, 0.4) is 0 Å². The Kier molecular flexibility index (Phi) is 2.70. The van der Waals surface area contributed by atoms with E-state index in [1.54, 1.807) is 11.3 Å². The SMILES string of the molecule is CCc1nnc2sc(C3CCNc4ccccc43)nn12. The summed E-state index contributed by atoms with van der Waals surface area (Å²) in [6.07, 6.45) is 1.93. The van der Waals surface area contributed by atoms with Gasteiger partial charge >= 0.3 is 0 Å². The normalized spacial score (nSPS) is 17.9. The lowest BCUT2D eigenvalue weighted by Crippen LogP contribution is -2.17. The first kappa shape index (κ1) is 11.8. The molecular weight excluding hydrogens is 270 g/mol. The highest BCUT2D eigenvalue weighted by atomic mass is 32.1. The Labute approximate surface area is 120 Å². The monoisotopic (exact) mass is 285 g/mol. The van der Waals surface area contributed by atoms with Gasteiger partial charge in [-0.25, -0.2) is 0 Å². The first-order chi connectivity index (χ1) is 9.86. The minimum absolute atomic E-state index is 0.365. The average molecular weight is 285 g/mol. The van der Waals surface area contributed by atoms with E-state index in [0.717, 1.165) is 35.2 Å². The van der Waals surface area contributed by atoms with E-state index in [-0.39, 0.29) is 0 Å². The van der Waals surface area contributed by atoms with Crippen molar-refractivity contribution in [1.82, 2.24) is 19.8 Å². The van der Waals surface area contributed by atoms with Gasteiger partial charge in [0.2, 0.25) is 4.96 Å². The smallest absolute Gasteiger partial charge is 0.234 e. The number of fused-ring (bicyclic) bond motifs is 2. The van der Waals surface area contributed by atoms with Gasteiger partial charge in [0.05, 0.1) is 0 Å². The molecule has 1 unspecified atom stereocenters. The molecule has 1 aromatic carbocycles. The molecule has 102 valence electrons. The van der Waals surface area contributed by atoms with E-state index in [1.807, 2.05) is 4.52 Å². The number of nitrogens with one attached hydrogen (secondary N) is 1. The minimum atomic E-state index is 0.365. The van der Waals surface area contributed by atoms with Crippen LogP contribution < -0.4 is 5.32 Å². The number of hydrogen-bond acceptors (Lipinski definition) is 5. The van der Waals surface area contributed by atoms with Crippen LogP contribution in [-0.2, 0) is 6.42 Å². The topological polar surface area (TPSA) is 55.1 Å². The Hall–Kier alpha value is -1.95. The molecular formula is C14H15N5S. The first-order valence-electron chi connectivity index (χ1n) is 6.90. The second-order valence-corrected chi connectivity index (χ2v) is 5.95. The number of benzene rings is 1. The molecule has 0 fully saturated rings. The molecule has 6 heteroatoms. The third-order valence-electron chi connectivity index (χ3n) is 3.77. The number of hydrogen-bond donors (Lipinski definition) is 1. The summed E-state index contributed by atoms with van der Waals surface area (Å²) < 4.78 is 1.89. The predicted octanol–water partition coefficient (Wildman–Crippen LogP) is 2.70. The Morgan fingerprint density at radius 2 is 2.25 bits per heavy atom. The summed E-state index contributed by atoms with van der Waals surface area (Å²) in [5.74, 6) is 1.30. The van der Waals surface area contributed by atoms with Gasteiger partial charge in [-0.05, 0) is 18.1 Å². The van der Waals surface area contributed by atoms with Crippen molar-refractivity contribution in [2.45, 2.75) is 25.7 Å². The zero-order valence-corrected chi connectivity index (χ0v) is 12.0. The second-order valence-electron chi connectivity index (χ2n) is 4.96. The molecule has 5 nitrogen and oxygen atoms in total. The van der Waals surface area contributed by atoms with E-state index >= 15 is 0 Å². The van der Waals surface area contributed by atoms with Gasteiger partial charge in [0.15, 0.2) is 5.82 Å². The summed E-state index contributed by atoms with van der Waals surface area (Å²) in [5.41, 5.74) is 2.56. The van der Waals surface area contributed by atoms with Crippen LogP contribution in [0.1, 0.15) is 35.7 Å². The molecule has 3 heterocycles. The number of aryl methyl sites for hydroxylation is 1. The van der Waals surface area contributed by atoms with Crippen LogP contribution in [0.5, 0.6) is 0 Å². The molecule has 0 spiro atoms. The van der Waals surface area contributed by atoms with Crippen molar-refractivity contribution in [2.75, 3.05) is 11.9 Å². The highest BCUT2D eigenvalue weighted by Gasteiger charge is 2.25. The first-order valence-corrected chi connectivity index (χ1v) is 7.72. The fourth-order valence-electron chi connectivity index (χ4n) is 2.76. The lowest BCUT2D eigenvalue weighted by Gasteiger charge is -2.24. The van der Waals surface area contributed by atoms with E-state index in [9.17, 15) is 0 Å². The average Bonchev–Trinajstić information content (AvgIpc) is 3.06. The molecule has 3 aromatic rings. The second kappa shape index (κ2) is 4.56. The lowest BCUT2D eigenvalue weighted by atomic mass is 9.92. The van der Waals surface area contributed by atoms with Crippen molar-refractivity contribution in [3.05, 3.63) is 40.7 Å². The van der Waals surface area contributed by atoms with E-state index in [4.69, 9.17) is 5.10 Å². The number of para-hydroxylation sites is 1. The fourth-order valence-corrected chi connectivity index (χ4v) is 3.77. The molecule has 4 rings (SSSR count). The van der Waals surface area contributed by atoms with Gasteiger partial charge < -0.3 is 5.32 Å². The van der Waals surface area contributed by atoms with Crippen LogP contribution in [0.4, 0.5) is 5.69 Å². The maximum Gasteiger partial charge on any atom is 0.234 e. The molecule has 1 atom stereocenters. The highest BCUT2D eigenvalue weighted by Crippen LogP contribution is 2.37. The molecule has 2 aromatic heterocycles. The number of nitrogens with zero attached hydrogens (tertiary/aromatic N) is 4. The Morgan fingerprint density at radius 1 is 1.35 bits per heavy atom. The van der Waals surface area contributed by atoms with Crippen LogP contribution >= 0.6 is 11.3 Å². The highest BCUT2D eigenvalue weighted by molar-refractivity contribution is 7.16. The molecule has 1 aliphatic rings. The van der Waals surface area contributed by atoms with Gasteiger partial charge in [0.1, 0.15) is 5.01 Å². The summed E-state index contributed by atoms with van der Waals surface area (Å²) in [7, 11) is 0. The molecule has 0 bridgehead atoms. The van der Waals surface area contributed by atoms with Crippen molar-refractivity contribution in [1.29, 1.82) is 0 Å². The van der Waals surface area contributed by atoms with Crippen LogP contribution in [0, 0.1) is 0 Å². The summed E-state index contributed by atoms with van der Waals surface area (Å²) in [5, 5.41) is 17.7. The van der Waals surface area contributed by atoms with E-state index in [2.05, 4.69) is 46.7 Å². The number of anilines is 1. The predicted molar refractivity (Wildman–Crippen MR) is 79.4 cm³/mol. The summed E-state index contributed by atoms with van der Waals surface area (Å²) in [6, 6.07) is 8.49.